The van der Waals surface area contributed by atoms with E-state index < -0.39 is 22.0 Å². The van der Waals surface area contributed by atoms with Gasteiger partial charge in [-0.05, 0) is 61.7 Å². The molecule has 3 N–H and O–H groups in total. The smallest absolute Gasteiger partial charge is 0.245 e. The number of hydrogen-bond donors (Lipinski definition) is 2. The summed E-state index contributed by atoms with van der Waals surface area (Å²) in [6.45, 7) is 1.98. The summed E-state index contributed by atoms with van der Waals surface area (Å²) >= 11 is 13.1. The maximum Gasteiger partial charge on any atom is 0.245 e. The number of fused-ring (bicyclic) bond motifs is 1. The summed E-state index contributed by atoms with van der Waals surface area (Å²) in [5, 5.41) is 7.40. The molecule has 0 aliphatic carbocycles. The highest BCUT2D eigenvalue weighted by Gasteiger charge is 2.40. The van der Waals surface area contributed by atoms with E-state index in [1.165, 1.54) is 22.7 Å². The van der Waals surface area contributed by atoms with Crippen molar-refractivity contribution in [2.45, 2.75) is 37.3 Å². The molecule has 0 saturated carbocycles. The predicted octanol–water partition coefficient (Wildman–Crippen LogP) is 5.51. The molecule has 0 unspecified atom stereocenters. The molecule has 4 aromatic rings. The number of anilines is 1. The van der Waals surface area contributed by atoms with E-state index in [-0.39, 0.29) is 28.1 Å². The van der Waals surface area contributed by atoms with Crippen molar-refractivity contribution < 1.29 is 17.9 Å². The van der Waals surface area contributed by atoms with Crippen LogP contribution in [0.2, 0.25) is 10.0 Å². The number of hydrogen-bond acceptors (Lipinski definition) is 7. The lowest BCUT2D eigenvalue weighted by atomic mass is 10.2. The summed E-state index contributed by atoms with van der Waals surface area (Å²) in [5.74, 6) is 5.29. The van der Waals surface area contributed by atoms with Gasteiger partial charge in [-0.3, -0.25) is 4.79 Å². The van der Waals surface area contributed by atoms with E-state index in [9.17, 15) is 13.2 Å². The third kappa shape index (κ3) is 6.01. The van der Waals surface area contributed by atoms with Crippen LogP contribution in [-0.4, -0.2) is 42.4 Å². The molecule has 5 rings (SSSR count). The lowest BCUT2D eigenvalue weighted by Crippen LogP contribution is -2.43. The standard InChI is InChI=1S/C29H27Cl2N5O4S/c1-18-10-11-20-6-3-9-25(28(20)34-18)40-17-22-23(30)12-13-26(27(22)31)41(38,39)36-14-4-8-24(36)29(37)35-21-7-2-5-19(15-21)16-33-32/h2-3,5-7,9-13,15-16,24H,4,8,14,17,32H2,1H3,(H,35,37)/t24-/m0/s1. The number of nitrogens with two attached hydrogens (primary N) is 1. The lowest BCUT2D eigenvalue weighted by molar-refractivity contribution is -0.119. The van der Waals surface area contributed by atoms with Crippen molar-refractivity contribution in [1.29, 1.82) is 0 Å². The zero-order valence-corrected chi connectivity index (χ0v) is 24.4. The van der Waals surface area contributed by atoms with Crippen LogP contribution in [-0.2, 0) is 21.4 Å². The number of aromatic nitrogens is 1. The van der Waals surface area contributed by atoms with Crippen LogP contribution in [0.1, 0.15) is 29.7 Å². The summed E-state index contributed by atoms with van der Waals surface area (Å²) in [7, 11) is -4.16. The van der Waals surface area contributed by atoms with Crippen molar-refractivity contribution in [3.63, 3.8) is 0 Å². The third-order valence-corrected chi connectivity index (χ3v) is 9.66. The Morgan fingerprint density at radius 1 is 1.17 bits per heavy atom. The highest BCUT2D eigenvalue weighted by molar-refractivity contribution is 7.89. The van der Waals surface area contributed by atoms with Crippen LogP contribution in [0, 0.1) is 6.92 Å². The van der Waals surface area contributed by atoms with Crippen molar-refractivity contribution in [2.24, 2.45) is 10.9 Å². The van der Waals surface area contributed by atoms with Crippen molar-refractivity contribution in [3.05, 3.63) is 93.6 Å². The highest BCUT2D eigenvalue weighted by Crippen LogP contribution is 2.36. The van der Waals surface area contributed by atoms with Gasteiger partial charge in [0.1, 0.15) is 28.8 Å². The fourth-order valence-corrected chi connectivity index (χ4v) is 7.34. The highest BCUT2D eigenvalue weighted by atomic mass is 35.5. The van der Waals surface area contributed by atoms with Gasteiger partial charge in [-0.2, -0.15) is 9.41 Å². The number of ether oxygens (including phenoxy) is 1. The molecule has 1 atom stereocenters. The van der Waals surface area contributed by atoms with E-state index in [4.69, 9.17) is 33.8 Å². The Morgan fingerprint density at radius 2 is 1.98 bits per heavy atom. The van der Waals surface area contributed by atoms with E-state index in [1.54, 1.807) is 30.3 Å². The Kier molecular flexibility index (Phi) is 8.46. The topological polar surface area (TPSA) is 127 Å². The monoisotopic (exact) mass is 611 g/mol. The minimum absolute atomic E-state index is 0.0540. The summed E-state index contributed by atoms with van der Waals surface area (Å²) < 4.78 is 34.9. The number of sulfonamides is 1. The Balaban J connectivity index is 1.39. The number of halogens is 2. The largest absolute Gasteiger partial charge is 0.487 e. The van der Waals surface area contributed by atoms with Gasteiger partial charge in [-0.15, -0.1) is 0 Å². The van der Waals surface area contributed by atoms with Crippen molar-refractivity contribution in [2.75, 3.05) is 11.9 Å². The van der Waals surface area contributed by atoms with Gasteiger partial charge in [-0.1, -0.05) is 53.5 Å². The molecule has 1 fully saturated rings. The second-order valence-electron chi connectivity index (χ2n) is 9.57. The molecular weight excluding hydrogens is 585 g/mol. The average molecular weight is 613 g/mol. The van der Waals surface area contributed by atoms with Gasteiger partial charge >= 0.3 is 0 Å². The van der Waals surface area contributed by atoms with E-state index in [0.717, 1.165) is 11.1 Å². The lowest BCUT2D eigenvalue weighted by Gasteiger charge is -2.24. The van der Waals surface area contributed by atoms with Gasteiger partial charge in [0.25, 0.3) is 0 Å². The molecule has 1 amide bonds. The van der Waals surface area contributed by atoms with Crippen LogP contribution < -0.4 is 15.9 Å². The van der Waals surface area contributed by atoms with Crippen LogP contribution in [0.15, 0.2) is 76.7 Å². The maximum atomic E-state index is 13.8. The van der Waals surface area contributed by atoms with Crippen LogP contribution in [0.3, 0.4) is 0 Å². The molecule has 2 heterocycles. The number of nitrogens with zero attached hydrogens (tertiary/aromatic N) is 3. The first-order chi connectivity index (χ1) is 19.7. The average Bonchev–Trinajstić information content (AvgIpc) is 3.45. The molecule has 1 aliphatic rings. The summed E-state index contributed by atoms with van der Waals surface area (Å²) in [6.07, 6.45) is 2.33. The van der Waals surface area contributed by atoms with Crippen LogP contribution >= 0.6 is 23.2 Å². The minimum atomic E-state index is -4.16. The van der Waals surface area contributed by atoms with Gasteiger partial charge in [0.15, 0.2) is 0 Å². The molecule has 1 saturated heterocycles. The first-order valence-electron chi connectivity index (χ1n) is 12.8. The van der Waals surface area contributed by atoms with Gasteiger partial charge in [0.2, 0.25) is 15.9 Å². The molecule has 1 aromatic heterocycles. The normalized spacial score (nSPS) is 15.9. The second kappa shape index (κ2) is 12.0. The number of pyridine rings is 1. The number of amides is 1. The van der Waals surface area contributed by atoms with E-state index in [2.05, 4.69) is 15.4 Å². The molecule has 212 valence electrons. The first kappa shape index (κ1) is 28.8. The predicted molar refractivity (Wildman–Crippen MR) is 161 cm³/mol. The Hall–Kier alpha value is -3.70. The maximum absolute atomic E-state index is 13.8. The Labute approximate surface area is 248 Å². The minimum Gasteiger partial charge on any atom is -0.487 e. The molecule has 9 nitrogen and oxygen atoms in total. The molecule has 0 radical (unpaired) electrons. The van der Waals surface area contributed by atoms with Crippen molar-refractivity contribution in [1.82, 2.24) is 9.29 Å². The van der Waals surface area contributed by atoms with Gasteiger partial charge in [-0.25, -0.2) is 13.4 Å². The zero-order chi connectivity index (χ0) is 29.1. The van der Waals surface area contributed by atoms with Gasteiger partial charge in [0, 0.05) is 33.9 Å². The third-order valence-electron chi connectivity index (χ3n) is 6.82. The fraction of sp³-hybridized carbons (Fsp3) is 0.207. The van der Waals surface area contributed by atoms with Crippen LogP contribution in [0.4, 0.5) is 5.69 Å². The Morgan fingerprint density at radius 3 is 2.78 bits per heavy atom. The molecular formula is C29H27Cl2N5O4S. The van der Waals surface area contributed by atoms with Crippen LogP contribution in [0.25, 0.3) is 10.9 Å². The molecule has 3 aromatic carbocycles. The van der Waals surface area contributed by atoms with E-state index >= 15 is 0 Å². The summed E-state index contributed by atoms with van der Waals surface area (Å²) in [6, 6.07) is 18.2. The van der Waals surface area contributed by atoms with E-state index in [0.29, 0.717) is 40.9 Å². The molecule has 0 bridgehead atoms. The number of aryl methyl sites for hydroxylation is 1. The van der Waals surface area contributed by atoms with Crippen molar-refractivity contribution >= 4 is 61.9 Å². The molecule has 0 spiro atoms. The number of carbonyl (C=O) groups excluding carboxylic acids is 1. The van der Waals surface area contributed by atoms with Gasteiger partial charge in [0.05, 0.1) is 11.2 Å². The zero-order valence-electron chi connectivity index (χ0n) is 22.1. The van der Waals surface area contributed by atoms with Crippen LogP contribution in [0.5, 0.6) is 5.75 Å². The van der Waals surface area contributed by atoms with Gasteiger partial charge < -0.3 is 15.9 Å². The number of para-hydroxylation sites is 1. The number of benzene rings is 3. The SMILES string of the molecule is Cc1ccc2cccc(OCc3c(Cl)ccc(S(=O)(=O)N4CCC[C@H]4C(=O)Nc4cccc(C=NN)c4)c3Cl)c2n1. The number of nitrogens with one attached hydrogen (secondary N) is 1. The Bertz CT molecular complexity index is 1760. The number of carbonyl (C=O) groups is 1. The molecule has 12 heteroatoms. The molecule has 1 aliphatic heterocycles. The van der Waals surface area contributed by atoms with E-state index in [1.807, 2.05) is 31.2 Å². The first-order valence-corrected chi connectivity index (χ1v) is 15.0. The quantitative estimate of drug-likeness (QED) is 0.153. The summed E-state index contributed by atoms with van der Waals surface area (Å²) in [4.78, 5) is 17.6. The fourth-order valence-electron chi connectivity index (χ4n) is 4.82. The van der Waals surface area contributed by atoms with Crippen molar-refractivity contribution in [3.8, 4) is 5.75 Å². The number of rotatable bonds is 8. The number of hydrazone groups is 1. The second-order valence-corrected chi connectivity index (χ2v) is 12.2. The summed E-state index contributed by atoms with van der Waals surface area (Å²) in [5.41, 5.74) is 3.02. The molecule has 41 heavy (non-hydrogen) atoms.